The van der Waals surface area contributed by atoms with E-state index < -0.39 is 36.8 Å². The quantitative estimate of drug-likeness (QED) is 0.674. The van der Waals surface area contributed by atoms with Crippen LogP contribution in [0, 0.1) is 6.92 Å². The first-order chi connectivity index (χ1) is 13.6. The number of para-hydroxylation sites is 1. The zero-order valence-corrected chi connectivity index (χ0v) is 16.3. The Hall–Kier alpha value is -3.03. The molecule has 29 heavy (non-hydrogen) atoms. The lowest BCUT2D eigenvalue weighted by atomic mass is 9.98. The van der Waals surface area contributed by atoms with Crippen molar-refractivity contribution in [2.24, 2.45) is 0 Å². The molecule has 0 aliphatic heterocycles. The number of benzene rings is 2. The minimum Gasteiger partial charge on any atom is -0.482 e. The van der Waals surface area contributed by atoms with Crippen LogP contribution in [0.1, 0.15) is 36.5 Å². The highest BCUT2D eigenvalue weighted by Crippen LogP contribution is 2.31. The molecule has 156 valence electrons. The highest BCUT2D eigenvalue weighted by molar-refractivity contribution is 5.94. The average Bonchev–Trinajstić information content (AvgIpc) is 2.65. The molecule has 2 rings (SSSR count). The van der Waals surface area contributed by atoms with Crippen LogP contribution in [-0.4, -0.2) is 25.1 Å². The Morgan fingerprint density at radius 1 is 1.07 bits per heavy atom. The molecule has 0 bridgehead atoms. The van der Waals surface area contributed by atoms with Gasteiger partial charge in [-0.2, -0.15) is 13.2 Å². The van der Waals surface area contributed by atoms with E-state index in [0.717, 1.165) is 23.3 Å². The van der Waals surface area contributed by atoms with E-state index in [9.17, 15) is 22.8 Å². The van der Waals surface area contributed by atoms with Crippen LogP contribution in [0.15, 0.2) is 42.5 Å². The Bertz CT molecular complexity index is 878. The molecule has 0 fully saturated rings. The van der Waals surface area contributed by atoms with E-state index in [-0.39, 0.29) is 11.7 Å². The standard InChI is InChI=1S/C21H22F3NO4/c1-13(2)17-9-4-6-14(3)20(17)25-18(26)11-29-19(27)12-28-16-8-5-7-15(10-16)21(22,23)24/h4-10,13H,11-12H2,1-3H3,(H,25,26). The molecule has 0 aliphatic carbocycles. The fourth-order valence-corrected chi connectivity index (χ4v) is 2.61. The first-order valence-electron chi connectivity index (χ1n) is 8.93. The predicted octanol–water partition coefficient (Wildman–Crippen LogP) is 4.70. The molecule has 0 aromatic heterocycles. The van der Waals surface area contributed by atoms with Crippen molar-refractivity contribution in [2.75, 3.05) is 18.5 Å². The third kappa shape index (κ3) is 6.51. The summed E-state index contributed by atoms with van der Waals surface area (Å²) in [7, 11) is 0. The molecule has 0 saturated carbocycles. The van der Waals surface area contributed by atoms with Gasteiger partial charge in [0.15, 0.2) is 13.2 Å². The second kappa shape index (κ2) is 9.45. The van der Waals surface area contributed by atoms with Gasteiger partial charge in [-0.3, -0.25) is 4.79 Å². The zero-order valence-electron chi connectivity index (χ0n) is 16.3. The number of carbonyl (C=O) groups excluding carboxylic acids is 2. The van der Waals surface area contributed by atoms with E-state index in [4.69, 9.17) is 9.47 Å². The van der Waals surface area contributed by atoms with E-state index >= 15 is 0 Å². The maximum Gasteiger partial charge on any atom is 0.416 e. The Kier molecular flexibility index (Phi) is 7.25. The highest BCUT2D eigenvalue weighted by atomic mass is 19.4. The lowest BCUT2D eigenvalue weighted by Crippen LogP contribution is -2.24. The van der Waals surface area contributed by atoms with Gasteiger partial charge in [0.05, 0.1) is 5.56 Å². The van der Waals surface area contributed by atoms with E-state index in [1.165, 1.54) is 12.1 Å². The monoisotopic (exact) mass is 409 g/mol. The number of amides is 1. The molecule has 0 radical (unpaired) electrons. The van der Waals surface area contributed by atoms with E-state index in [1.54, 1.807) is 0 Å². The molecule has 0 aliphatic rings. The summed E-state index contributed by atoms with van der Waals surface area (Å²) in [5.41, 5.74) is 1.62. The van der Waals surface area contributed by atoms with Crippen molar-refractivity contribution in [3.63, 3.8) is 0 Å². The maximum atomic E-state index is 12.7. The number of ether oxygens (including phenoxy) is 2. The lowest BCUT2D eigenvalue weighted by molar-refractivity contribution is -0.149. The number of rotatable bonds is 7. The Morgan fingerprint density at radius 3 is 2.41 bits per heavy atom. The first kappa shape index (κ1) is 22.3. The van der Waals surface area contributed by atoms with Gasteiger partial charge in [0.2, 0.25) is 0 Å². The molecule has 5 nitrogen and oxygen atoms in total. The molecule has 0 unspecified atom stereocenters. The molecule has 2 aromatic rings. The summed E-state index contributed by atoms with van der Waals surface area (Å²) in [6, 6.07) is 9.80. The molecule has 0 spiro atoms. The van der Waals surface area contributed by atoms with Gasteiger partial charge in [-0.1, -0.05) is 38.1 Å². The minimum atomic E-state index is -4.51. The van der Waals surface area contributed by atoms with Gasteiger partial charge >= 0.3 is 12.1 Å². The van der Waals surface area contributed by atoms with Crippen molar-refractivity contribution >= 4 is 17.6 Å². The summed E-state index contributed by atoms with van der Waals surface area (Å²) < 4.78 is 47.9. The third-order valence-corrected chi connectivity index (χ3v) is 4.07. The molecular weight excluding hydrogens is 387 g/mol. The number of hydrogen-bond acceptors (Lipinski definition) is 4. The molecule has 8 heteroatoms. The van der Waals surface area contributed by atoms with Crippen molar-refractivity contribution in [1.29, 1.82) is 0 Å². The minimum absolute atomic E-state index is 0.122. The van der Waals surface area contributed by atoms with Crippen molar-refractivity contribution in [2.45, 2.75) is 32.9 Å². The predicted molar refractivity (Wildman–Crippen MR) is 102 cm³/mol. The largest absolute Gasteiger partial charge is 0.482 e. The van der Waals surface area contributed by atoms with E-state index in [1.807, 2.05) is 39.0 Å². The SMILES string of the molecule is Cc1cccc(C(C)C)c1NC(=O)COC(=O)COc1cccc(C(F)(F)F)c1. The summed E-state index contributed by atoms with van der Waals surface area (Å²) in [6.45, 7) is 4.70. The second-order valence-electron chi connectivity index (χ2n) is 6.72. The topological polar surface area (TPSA) is 64.6 Å². The molecule has 0 saturated heterocycles. The van der Waals surface area contributed by atoms with Gasteiger partial charge in [0, 0.05) is 5.69 Å². The van der Waals surface area contributed by atoms with Crippen molar-refractivity contribution in [3.8, 4) is 5.75 Å². The normalized spacial score (nSPS) is 11.3. The van der Waals surface area contributed by atoms with Gasteiger partial charge in [-0.15, -0.1) is 0 Å². The fraction of sp³-hybridized carbons (Fsp3) is 0.333. The summed E-state index contributed by atoms with van der Waals surface area (Å²) in [5, 5.41) is 2.73. The fourth-order valence-electron chi connectivity index (χ4n) is 2.61. The van der Waals surface area contributed by atoms with Crippen molar-refractivity contribution < 1.29 is 32.2 Å². The summed E-state index contributed by atoms with van der Waals surface area (Å²) in [4.78, 5) is 23.9. The summed E-state index contributed by atoms with van der Waals surface area (Å²) in [5.74, 6) is -1.32. The van der Waals surface area contributed by atoms with Crippen molar-refractivity contribution in [1.82, 2.24) is 0 Å². The molecule has 0 heterocycles. The average molecular weight is 409 g/mol. The van der Waals surface area contributed by atoms with Gasteiger partial charge in [0.25, 0.3) is 5.91 Å². The van der Waals surface area contributed by atoms with E-state index in [2.05, 4.69) is 5.32 Å². The third-order valence-electron chi connectivity index (χ3n) is 4.07. The van der Waals surface area contributed by atoms with Crippen molar-refractivity contribution in [3.05, 3.63) is 59.2 Å². The smallest absolute Gasteiger partial charge is 0.416 e. The number of halogens is 3. The molecule has 2 aromatic carbocycles. The lowest BCUT2D eigenvalue weighted by Gasteiger charge is -2.16. The number of esters is 1. The molecule has 1 amide bonds. The highest BCUT2D eigenvalue weighted by Gasteiger charge is 2.30. The van der Waals surface area contributed by atoms with Crippen LogP contribution in [0.25, 0.3) is 0 Å². The molecule has 1 N–H and O–H groups in total. The summed E-state index contributed by atoms with van der Waals surface area (Å²) >= 11 is 0. The number of aryl methyl sites for hydroxylation is 1. The first-order valence-corrected chi connectivity index (χ1v) is 8.93. The number of nitrogens with one attached hydrogen (secondary N) is 1. The van der Waals surface area contributed by atoms with E-state index in [0.29, 0.717) is 5.69 Å². The van der Waals surface area contributed by atoms with Gasteiger partial charge in [0.1, 0.15) is 5.75 Å². The maximum absolute atomic E-state index is 12.7. The Labute approximate surface area is 166 Å². The molecule has 0 atom stereocenters. The number of carbonyl (C=O) groups is 2. The Morgan fingerprint density at radius 2 is 1.76 bits per heavy atom. The summed E-state index contributed by atoms with van der Waals surface area (Å²) in [6.07, 6.45) is -4.51. The van der Waals surface area contributed by atoms with Crippen LogP contribution >= 0.6 is 0 Å². The number of anilines is 1. The zero-order chi connectivity index (χ0) is 21.6. The van der Waals surface area contributed by atoms with Crippen LogP contribution < -0.4 is 10.1 Å². The van der Waals surface area contributed by atoms with Crippen LogP contribution in [0.2, 0.25) is 0 Å². The molecular formula is C21H22F3NO4. The second-order valence-corrected chi connectivity index (χ2v) is 6.72. The van der Waals surface area contributed by atoms with Crippen LogP contribution in [0.4, 0.5) is 18.9 Å². The van der Waals surface area contributed by atoms with Gasteiger partial charge < -0.3 is 14.8 Å². The van der Waals surface area contributed by atoms with Crippen LogP contribution in [-0.2, 0) is 20.5 Å². The van der Waals surface area contributed by atoms with Crippen LogP contribution in [0.5, 0.6) is 5.75 Å². The van der Waals surface area contributed by atoms with Gasteiger partial charge in [-0.25, -0.2) is 4.79 Å². The van der Waals surface area contributed by atoms with Gasteiger partial charge in [-0.05, 0) is 42.2 Å². The number of hydrogen-bond donors (Lipinski definition) is 1. The van der Waals surface area contributed by atoms with Crippen LogP contribution in [0.3, 0.4) is 0 Å². The Balaban J connectivity index is 1.87. The number of alkyl halides is 3.